The molecule has 0 aromatic carbocycles. The van der Waals surface area contributed by atoms with Crippen molar-refractivity contribution in [2.75, 3.05) is 6.54 Å². The Balaban J connectivity index is 2.44. The van der Waals surface area contributed by atoms with E-state index in [1.54, 1.807) is 0 Å². The molecule has 66 valence electrons. The van der Waals surface area contributed by atoms with Crippen molar-refractivity contribution in [2.24, 2.45) is 5.73 Å². The topological polar surface area (TPSA) is 29.3 Å². The van der Waals surface area contributed by atoms with Crippen LogP contribution in [0.2, 0.25) is 0 Å². The number of hydrogen-bond acceptors (Lipinski definition) is 2. The van der Waals surface area contributed by atoms with Gasteiger partial charge in [-0.05, 0) is 26.7 Å². The van der Waals surface area contributed by atoms with Gasteiger partial charge in [-0.3, -0.25) is 4.90 Å². The summed E-state index contributed by atoms with van der Waals surface area (Å²) in [6.45, 7) is 5.68. The Morgan fingerprint density at radius 3 is 2.64 bits per heavy atom. The third-order valence-corrected chi connectivity index (χ3v) is 3.50. The molecule has 0 radical (unpaired) electrons. The molecule has 3 heteroatoms. The monoisotopic (exact) mass is 268 g/mol. The molecule has 2 atom stereocenters. The van der Waals surface area contributed by atoms with Gasteiger partial charge in [0, 0.05) is 18.6 Å². The van der Waals surface area contributed by atoms with Gasteiger partial charge in [-0.2, -0.15) is 0 Å². The molecular formula is C8H17IN2. The molecule has 11 heavy (non-hydrogen) atoms. The fraction of sp³-hybridized carbons (Fsp3) is 1.00. The quantitative estimate of drug-likeness (QED) is 0.444. The first-order valence-electron chi connectivity index (χ1n) is 4.26. The van der Waals surface area contributed by atoms with Crippen molar-refractivity contribution >= 4 is 22.6 Å². The van der Waals surface area contributed by atoms with Gasteiger partial charge in [0.1, 0.15) is 0 Å². The normalized spacial score (nSPS) is 34.6. The van der Waals surface area contributed by atoms with Crippen LogP contribution >= 0.6 is 22.6 Å². The van der Waals surface area contributed by atoms with Crippen LogP contribution in [-0.4, -0.2) is 27.6 Å². The zero-order valence-electron chi connectivity index (χ0n) is 7.26. The molecule has 0 aromatic heterocycles. The lowest BCUT2D eigenvalue weighted by molar-refractivity contribution is 0.162. The molecule has 1 aliphatic heterocycles. The highest BCUT2D eigenvalue weighted by atomic mass is 127. The first kappa shape index (κ1) is 9.74. The zero-order chi connectivity index (χ0) is 8.43. The Morgan fingerprint density at radius 2 is 2.18 bits per heavy atom. The van der Waals surface area contributed by atoms with Gasteiger partial charge in [-0.1, -0.05) is 22.6 Å². The van der Waals surface area contributed by atoms with Gasteiger partial charge in [-0.25, -0.2) is 0 Å². The van der Waals surface area contributed by atoms with Gasteiger partial charge < -0.3 is 5.73 Å². The SMILES string of the molecule is CC(C)N1CCC(N)CC1I. The van der Waals surface area contributed by atoms with Crippen molar-refractivity contribution in [1.82, 2.24) is 4.90 Å². The zero-order valence-corrected chi connectivity index (χ0v) is 9.41. The third kappa shape index (κ3) is 2.56. The van der Waals surface area contributed by atoms with E-state index >= 15 is 0 Å². The van der Waals surface area contributed by atoms with Crippen LogP contribution in [0, 0.1) is 0 Å². The summed E-state index contributed by atoms with van der Waals surface area (Å²) in [4.78, 5) is 2.52. The summed E-state index contributed by atoms with van der Waals surface area (Å²) in [6, 6.07) is 1.11. The second kappa shape index (κ2) is 4.05. The number of nitrogens with two attached hydrogens (primary N) is 1. The predicted molar refractivity (Wildman–Crippen MR) is 56.9 cm³/mol. The van der Waals surface area contributed by atoms with E-state index in [4.69, 9.17) is 5.73 Å². The number of nitrogens with zero attached hydrogens (tertiary/aromatic N) is 1. The molecule has 1 aliphatic rings. The summed E-state index contributed by atoms with van der Waals surface area (Å²) < 4.78 is 0.649. The molecule has 1 fully saturated rings. The Morgan fingerprint density at radius 1 is 1.55 bits per heavy atom. The van der Waals surface area contributed by atoms with Crippen LogP contribution in [0.3, 0.4) is 0 Å². The Kier molecular flexibility index (Phi) is 3.58. The van der Waals surface area contributed by atoms with Gasteiger partial charge in [0.25, 0.3) is 0 Å². The van der Waals surface area contributed by atoms with Gasteiger partial charge in [0.2, 0.25) is 0 Å². The summed E-state index contributed by atoms with van der Waals surface area (Å²) in [5.41, 5.74) is 5.86. The van der Waals surface area contributed by atoms with Crippen molar-refractivity contribution in [3.8, 4) is 0 Å². The van der Waals surface area contributed by atoms with Crippen molar-refractivity contribution in [2.45, 2.75) is 42.8 Å². The van der Waals surface area contributed by atoms with E-state index in [0.717, 1.165) is 12.8 Å². The lowest BCUT2D eigenvalue weighted by atomic mass is 10.1. The highest BCUT2D eigenvalue weighted by Crippen LogP contribution is 2.23. The number of alkyl halides is 1. The molecule has 0 saturated carbocycles. The van der Waals surface area contributed by atoms with E-state index in [9.17, 15) is 0 Å². The number of halogens is 1. The van der Waals surface area contributed by atoms with Crippen LogP contribution < -0.4 is 5.73 Å². The fourth-order valence-electron chi connectivity index (χ4n) is 1.54. The van der Waals surface area contributed by atoms with Gasteiger partial charge >= 0.3 is 0 Å². The molecule has 2 unspecified atom stereocenters. The molecule has 1 saturated heterocycles. The van der Waals surface area contributed by atoms with Crippen molar-refractivity contribution < 1.29 is 0 Å². The molecule has 0 aliphatic carbocycles. The Hall–Kier alpha value is 0.650. The van der Waals surface area contributed by atoms with Gasteiger partial charge in [-0.15, -0.1) is 0 Å². The van der Waals surface area contributed by atoms with Crippen molar-refractivity contribution in [3.63, 3.8) is 0 Å². The van der Waals surface area contributed by atoms with Crippen LogP contribution in [-0.2, 0) is 0 Å². The molecule has 0 spiro atoms. The standard InChI is InChI=1S/C8H17IN2/c1-6(2)11-4-3-7(10)5-8(11)9/h6-8H,3-5,10H2,1-2H3. The summed E-state index contributed by atoms with van der Waals surface area (Å²) in [7, 11) is 0. The average Bonchev–Trinajstić information content (AvgIpc) is 1.85. The Bertz CT molecular complexity index is 127. The molecule has 0 amide bonds. The van der Waals surface area contributed by atoms with E-state index in [1.807, 2.05) is 0 Å². The lowest BCUT2D eigenvalue weighted by Gasteiger charge is -2.37. The van der Waals surface area contributed by atoms with Crippen LogP contribution in [0.1, 0.15) is 26.7 Å². The van der Waals surface area contributed by atoms with Gasteiger partial charge in [0.05, 0.1) is 4.05 Å². The first-order valence-corrected chi connectivity index (χ1v) is 5.51. The van der Waals surface area contributed by atoms with Gasteiger partial charge in [0.15, 0.2) is 0 Å². The summed E-state index contributed by atoms with van der Waals surface area (Å²) in [5.74, 6) is 0. The molecule has 0 aromatic rings. The molecular weight excluding hydrogens is 251 g/mol. The van der Waals surface area contributed by atoms with Crippen molar-refractivity contribution in [3.05, 3.63) is 0 Å². The average molecular weight is 268 g/mol. The van der Waals surface area contributed by atoms with E-state index in [2.05, 4.69) is 41.3 Å². The third-order valence-electron chi connectivity index (χ3n) is 2.28. The number of hydrogen-bond donors (Lipinski definition) is 1. The molecule has 1 heterocycles. The van der Waals surface area contributed by atoms with Crippen LogP contribution in [0.4, 0.5) is 0 Å². The highest BCUT2D eigenvalue weighted by molar-refractivity contribution is 14.1. The van der Waals surface area contributed by atoms with Crippen LogP contribution in [0.5, 0.6) is 0 Å². The first-order chi connectivity index (χ1) is 5.11. The fourth-order valence-corrected chi connectivity index (χ4v) is 3.11. The summed E-state index contributed by atoms with van der Waals surface area (Å²) >= 11 is 2.50. The molecule has 2 nitrogen and oxygen atoms in total. The van der Waals surface area contributed by atoms with Crippen LogP contribution in [0.15, 0.2) is 0 Å². The largest absolute Gasteiger partial charge is 0.328 e. The minimum absolute atomic E-state index is 0.437. The Labute approximate surface area is 82.6 Å². The maximum atomic E-state index is 5.86. The highest BCUT2D eigenvalue weighted by Gasteiger charge is 2.25. The second-order valence-corrected chi connectivity index (χ2v) is 4.99. The second-order valence-electron chi connectivity index (χ2n) is 3.55. The number of likely N-dealkylation sites (tertiary alicyclic amines) is 1. The summed E-state index contributed by atoms with van der Waals surface area (Å²) in [6.07, 6.45) is 2.32. The molecule has 0 bridgehead atoms. The van der Waals surface area contributed by atoms with E-state index in [1.165, 1.54) is 6.54 Å². The van der Waals surface area contributed by atoms with E-state index in [-0.39, 0.29) is 0 Å². The maximum absolute atomic E-state index is 5.86. The number of piperidine rings is 1. The summed E-state index contributed by atoms with van der Waals surface area (Å²) in [5, 5.41) is 0. The lowest BCUT2D eigenvalue weighted by Crippen LogP contribution is -2.47. The smallest absolute Gasteiger partial charge is 0.0635 e. The maximum Gasteiger partial charge on any atom is 0.0635 e. The van der Waals surface area contributed by atoms with Crippen molar-refractivity contribution in [1.29, 1.82) is 0 Å². The predicted octanol–water partition coefficient (Wildman–Crippen LogP) is 1.58. The van der Waals surface area contributed by atoms with Crippen LogP contribution in [0.25, 0.3) is 0 Å². The molecule has 1 rings (SSSR count). The molecule has 2 N–H and O–H groups in total. The van der Waals surface area contributed by atoms with E-state index in [0.29, 0.717) is 16.1 Å². The minimum Gasteiger partial charge on any atom is -0.328 e. The van der Waals surface area contributed by atoms with E-state index < -0.39 is 0 Å². The minimum atomic E-state index is 0.437. The number of rotatable bonds is 1.